The lowest BCUT2D eigenvalue weighted by molar-refractivity contribution is -0.151. The van der Waals surface area contributed by atoms with Crippen LogP contribution in [0.25, 0.3) is 0 Å². The van der Waals surface area contributed by atoms with Crippen LogP contribution in [0.5, 0.6) is 0 Å². The fourth-order valence-electron chi connectivity index (χ4n) is 5.38. The molecule has 2 saturated heterocycles. The lowest BCUT2D eigenvalue weighted by Crippen LogP contribution is -2.58. The minimum atomic E-state index is -4.99. The Balaban J connectivity index is 1.53. The molecule has 2 aliphatic rings. The Bertz CT molecular complexity index is 1230. The zero-order chi connectivity index (χ0) is 29.4. The standard InChI is InChI=1S/C28H29F6N3O3/c1-17(38)37-14-20(15-37)25(39)36-9-8-23(24(16-36)19-6-4-3-5-7-19)26(40)35(2)13-18-10-21(27(29,30)31)12-22(11-18)28(32,33)34/h3-7,10-12,20,23-24H,8-9,13-16H2,1-2H3. The number of carbonyl (C=O) groups is 3. The van der Waals surface area contributed by atoms with Gasteiger partial charge in [-0.2, -0.15) is 26.3 Å². The summed E-state index contributed by atoms with van der Waals surface area (Å²) in [5.74, 6) is -2.04. The summed E-state index contributed by atoms with van der Waals surface area (Å²) in [4.78, 5) is 42.6. The van der Waals surface area contributed by atoms with E-state index in [4.69, 9.17) is 0 Å². The normalized spacial score (nSPS) is 20.2. The molecule has 2 atom stereocenters. The lowest BCUT2D eigenvalue weighted by atomic mass is 9.79. The van der Waals surface area contributed by atoms with Gasteiger partial charge in [-0.3, -0.25) is 14.4 Å². The molecule has 0 saturated carbocycles. The molecule has 0 aliphatic carbocycles. The summed E-state index contributed by atoms with van der Waals surface area (Å²) in [6.07, 6.45) is -9.70. The molecule has 0 bridgehead atoms. The van der Waals surface area contributed by atoms with Crippen LogP contribution in [0.1, 0.15) is 41.5 Å². The Kier molecular flexibility index (Phi) is 8.18. The van der Waals surface area contributed by atoms with Gasteiger partial charge in [-0.15, -0.1) is 0 Å². The van der Waals surface area contributed by atoms with Gasteiger partial charge >= 0.3 is 12.4 Å². The molecule has 40 heavy (non-hydrogen) atoms. The van der Waals surface area contributed by atoms with E-state index in [0.29, 0.717) is 25.2 Å². The number of halogens is 6. The van der Waals surface area contributed by atoms with Gasteiger partial charge in [0.15, 0.2) is 0 Å². The van der Waals surface area contributed by atoms with Crippen molar-refractivity contribution in [3.8, 4) is 0 Å². The topological polar surface area (TPSA) is 60.9 Å². The number of rotatable bonds is 5. The van der Waals surface area contributed by atoms with Gasteiger partial charge in [0, 0.05) is 58.5 Å². The quantitative estimate of drug-likeness (QED) is 0.487. The highest BCUT2D eigenvalue weighted by Gasteiger charge is 2.43. The number of amides is 3. The third kappa shape index (κ3) is 6.42. The first-order chi connectivity index (χ1) is 18.6. The molecule has 0 spiro atoms. The van der Waals surface area contributed by atoms with E-state index >= 15 is 0 Å². The summed E-state index contributed by atoms with van der Waals surface area (Å²) in [5.41, 5.74) is -2.37. The van der Waals surface area contributed by atoms with Crippen LogP contribution in [-0.4, -0.2) is 65.6 Å². The van der Waals surface area contributed by atoms with E-state index in [1.54, 1.807) is 28.0 Å². The average molecular weight is 570 g/mol. The SMILES string of the molecule is CC(=O)N1CC(C(=O)N2CCC(C(=O)N(C)Cc3cc(C(F)(F)F)cc(C(F)(F)F)c3)C(c3ccccc3)C2)C1. The van der Waals surface area contributed by atoms with E-state index in [9.17, 15) is 40.7 Å². The van der Waals surface area contributed by atoms with Crippen molar-refractivity contribution < 1.29 is 40.7 Å². The molecule has 2 aliphatic heterocycles. The predicted molar refractivity (Wildman–Crippen MR) is 133 cm³/mol. The molecule has 4 rings (SSSR count). The van der Waals surface area contributed by atoms with Gasteiger partial charge in [-0.1, -0.05) is 30.3 Å². The smallest absolute Gasteiger partial charge is 0.342 e. The van der Waals surface area contributed by atoms with Gasteiger partial charge in [-0.05, 0) is 35.7 Å². The van der Waals surface area contributed by atoms with Crippen LogP contribution in [-0.2, 0) is 33.3 Å². The Morgan fingerprint density at radius 2 is 1.45 bits per heavy atom. The Labute approximate surface area is 227 Å². The van der Waals surface area contributed by atoms with E-state index in [1.807, 2.05) is 12.1 Å². The first-order valence-electron chi connectivity index (χ1n) is 12.8. The molecule has 6 nitrogen and oxygen atoms in total. The van der Waals surface area contributed by atoms with Crippen LogP contribution in [0.15, 0.2) is 48.5 Å². The average Bonchev–Trinajstić information content (AvgIpc) is 2.86. The summed E-state index contributed by atoms with van der Waals surface area (Å²) in [7, 11) is 1.35. The van der Waals surface area contributed by atoms with Gasteiger partial charge in [0.1, 0.15) is 0 Å². The summed E-state index contributed by atoms with van der Waals surface area (Å²) in [6.45, 7) is 2.15. The number of hydrogen-bond donors (Lipinski definition) is 0. The van der Waals surface area contributed by atoms with Gasteiger partial charge in [0.2, 0.25) is 17.7 Å². The van der Waals surface area contributed by atoms with Crippen molar-refractivity contribution in [2.45, 2.75) is 38.2 Å². The highest BCUT2D eigenvalue weighted by Crippen LogP contribution is 2.38. The Hall–Kier alpha value is -3.57. The monoisotopic (exact) mass is 569 g/mol. The van der Waals surface area contributed by atoms with Gasteiger partial charge in [-0.25, -0.2) is 0 Å². The third-order valence-corrected chi connectivity index (χ3v) is 7.59. The fraction of sp³-hybridized carbons (Fsp3) is 0.464. The number of nitrogens with zero attached hydrogens (tertiary/aromatic N) is 3. The summed E-state index contributed by atoms with van der Waals surface area (Å²) < 4.78 is 79.9. The molecule has 2 aromatic carbocycles. The predicted octanol–water partition coefficient (Wildman–Crippen LogP) is 4.79. The van der Waals surface area contributed by atoms with Gasteiger partial charge < -0.3 is 14.7 Å². The molecule has 0 radical (unpaired) electrons. The van der Waals surface area contributed by atoms with E-state index < -0.39 is 47.8 Å². The lowest BCUT2D eigenvalue weighted by Gasteiger charge is -2.44. The molecule has 12 heteroatoms. The highest BCUT2D eigenvalue weighted by atomic mass is 19.4. The number of alkyl halides is 6. The van der Waals surface area contributed by atoms with Crippen molar-refractivity contribution in [3.63, 3.8) is 0 Å². The summed E-state index contributed by atoms with van der Waals surface area (Å²) >= 11 is 0. The first-order valence-corrected chi connectivity index (χ1v) is 12.8. The molecule has 2 fully saturated rings. The minimum absolute atomic E-state index is 0.0568. The third-order valence-electron chi connectivity index (χ3n) is 7.59. The molecular weight excluding hydrogens is 540 g/mol. The Morgan fingerprint density at radius 1 is 0.875 bits per heavy atom. The second kappa shape index (κ2) is 11.1. The maximum atomic E-state index is 13.6. The van der Waals surface area contributed by atoms with Gasteiger partial charge in [0.05, 0.1) is 17.0 Å². The number of benzene rings is 2. The number of piperidine rings is 1. The zero-order valence-corrected chi connectivity index (χ0v) is 21.9. The van der Waals surface area contributed by atoms with Crippen LogP contribution in [0.4, 0.5) is 26.3 Å². The largest absolute Gasteiger partial charge is 0.416 e. The van der Waals surface area contributed by atoms with Crippen LogP contribution >= 0.6 is 0 Å². The second-order valence-corrected chi connectivity index (χ2v) is 10.4. The van der Waals surface area contributed by atoms with Crippen molar-refractivity contribution in [2.75, 3.05) is 33.2 Å². The van der Waals surface area contributed by atoms with Crippen molar-refractivity contribution in [2.24, 2.45) is 11.8 Å². The van der Waals surface area contributed by atoms with Crippen molar-refractivity contribution >= 4 is 17.7 Å². The van der Waals surface area contributed by atoms with Crippen molar-refractivity contribution in [1.29, 1.82) is 0 Å². The van der Waals surface area contributed by atoms with Crippen molar-refractivity contribution in [3.05, 3.63) is 70.8 Å². The van der Waals surface area contributed by atoms with E-state index in [1.165, 1.54) is 14.0 Å². The number of likely N-dealkylation sites (tertiary alicyclic amines) is 2. The van der Waals surface area contributed by atoms with Crippen LogP contribution in [0.2, 0.25) is 0 Å². The first kappa shape index (κ1) is 29.4. The molecule has 216 valence electrons. The maximum Gasteiger partial charge on any atom is 0.416 e. The highest BCUT2D eigenvalue weighted by molar-refractivity contribution is 5.85. The molecule has 2 aromatic rings. The Morgan fingerprint density at radius 3 is 1.98 bits per heavy atom. The van der Waals surface area contributed by atoms with Crippen LogP contribution in [0, 0.1) is 11.8 Å². The van der Waals surface area contributed by atoms with E-state index in [-0.39, 0.29) is 48.9 Å². The van der Waals surface area contributed by atoms with Crippen LogP contribution in [0.3, 0.4) is 0 Å². The number of hydrogen-bond acceptors (Lipinski definition) is 3. The second-order valence-electron chi connectivity index (χ2n) is 10.4. The molecule has 2 heterocycles. The molecule has 0 N–H and O–H groups in total. The summed E-state index contributed by atoms with van der Waals surface area (Å²) in [5, 5.41) is 0. The molecule has 3 amide bonds. The zero-order valence-electron chi connectivity index (χ0n) is 21.9. The van der Waals surface area contributed by atoms with E-state index in [0.717, 1.165) is 10.5 Å². The minimum Gasteiger partial charge on any atom is -0.342 e. The number of carbonyl (C=O) groups excluding carboxylic acids is 3. The van der Waals surface area contributed by atoms with Crippen molar-refractivity contribution in [1.82, 2.24) is 14.7 Å². The molecular formula is C28H29F6N3O3. The molecule has 0 aromatic heterocycles. The van der Waals surface area contributed by atoms with E-state index in [2.05, 4.69) is 0 Å². The van der Waals surface area contributed by atoms with Gasteiger partial charge in [0.25, 0.3) is 0 Å². The fourth-order valence-corrected chi connectivity index (χ4v) is 5.38. The maximum absolute atomic E-state index is 13.6. The summed E-state index contributed by atoms with van der Waals surface area (Å²) in [6, 6.07) is 10.3. The molecule has 2 unspecified atom stereocenters. The van der Waals surface area contributed by atoms with Crippen LogP contribution < -0.4 is 0 Å².